The Hall–Kier alpha value is -0.330. The van der Waals surface area contributed by atoms with Crippen molar-refractivity contribution < 1.29 is 8.42 Å². The number of benzene rings is 1. The van der Waals surface area contributed by atoms with Crippen molar-refractivity contribution in [3.8, 4) is 0 Å². The van der Waals surface area contributed by atoms with Gasteiger partial charge in [-0.05, 0) is 50.6 Å². The van der Waals surface area contributed by atoms with Crippen molar-refractivity contribution in [2.45, 2.75) is 18.2 Å². The fraction of sp³-hybridized carbons (Fsp3) is 0.538. The summed E-state index contributed by atoms with van der Waals surface area (Å²) in [6.07, 6.45) is 0.868. The first-order valence-electron chi connectivity index (χ1n) is 6.46. The minimum absolute atomic E-state index is 0.170. The normalized spacial score (nSPS) is 20.5. The lowest BCUT2D eigenvalue weighted by Crippen LogP contribution is -2.30. The van der Waals surface area contributed by atoms with Crippen LogP contribution in [0, 0.1) is 12.8 Å². The lowest BCUT2D eigenvalue weighted by molar-refractivity contribution is 0.451. The van der Waals surface area contributed by atoms with Gasteiger partial charge in [-0.25, -0.2) is 8.42 Å². The van der Waals surface area contributed by atoms with Crippen LogP contribution in [0.15, 0.2) is 17.0 Å². The van der Waals surface area contributed by atoms with Crippen molar-refractivity contribution in [3.63, 3.8) is 0 Å². The second-order valence-corrected chi connectivity index (χ2v) is 7.84. The summed E-state index contributed by atoms with van der Waals surface area (Å²) in [5.74, 6) is 0.353. The molecule has 0 spiro atoms. The highest BCUT2D eigenvalue weighted by molar-refractivity contribution is 7.89. The molecule has 4 nitrogen and oxygen atoms in total. The van der Waals surface area contributed by atoms with Crippen LogP contribution in [0.25, 0.3) is 0 Å². The Morgan fingerprint density at radius 2 is 1.95 bits per heavy atom. The molecule has 2 rings (SSSR count). The summed E-state index contributed by atoms with van der Waals surface area (Å²) < 4.78 is 26.7. The van der Waals surface area contributed by atoms with Crippen molar-refractivity contribution in [2.24, 2.45) is 5.92 Å². The second-order valence-electron chi connectivity index (χ2n) is 5.09. The van der Waals surface area contributed by atoms with Gasteiger partial charge in [0.1, 0.15) is 0 Å². The van der Waals surface area contributed by atoms with E-state index < -0.39 is 10.0 Å². The molecule has 1 atom stereocenters. The summed E-state index contributed by atoms with van der Waals surface area (Å²) in [4.78, 5) is 0.170. The van der Waals surface area contributed by atoms with Gasteiger partial charge in [-0.15, -0.1) is 0 Å². The van der Waals surface area contributed by atoms with Crippen LogP contribution in [0.4, 0.5) is 0 Å². The van der Waals surface area contributed by atoms with E-state index >= 15 is 0 Å². The molecule has 0 aliphatic carbocycles. The molecule has 1 aliphatic heterocycles. The Morgan fingerprint density at radius 3 is 2.50 bits per heavy atom. The SMILES string of the molecule is CNCC1CCN(S(=O)(=O)c2cc(Cl)c(C)c(Cl)c2)C1. The molecule has 0 radical (unpaired) electrons. The minimum atomic E-state index is -3.52. The van der Waals surface area contributed by atoms with E-state index in [0.717, 1.165) is 13.0 Å². The number of nitrogens with zero attached hydrogens (tertiary/aromatic N) is 1. The number of nitrogens with one attached hydrogen (secondary N) is 1. The Morgan fingerprint density at radius 1 is 1.35 bits per heavy atom. The van der Waals surface area contributed by atoms with E-state index in [1.807, 2.05) is 7.05 Å². The maximum atomic E-state index is 12.6. The molecule has 1 heterocycles. The molecule has 1 saturated heterocycles. The number of hydrogen-bond acceptors (Lipinski definition) is 3. The smallest absolute Gasteiger partial charge is 0.243 e. The van der Waals surface area contributed by atoms with Gasteiger partial charge in [-0.3, -0.25) is 0 Å². The van der Waals surface area contributed by atoms with E-state index in [9.17, 15) is 8.42 Å². The van der Waals surface area contributed by atoms with E-state index in [4.69, 9.17) is 23.2 Å². The highest BCUT2D eigenvalue weighted by Gasteiger charge is 2.32. The van der Waals surface area contributed by atoms with Gasteiger partial charge in [-0.2, -0.15) is 4.31 Å². The predicted molar refractivity (Wildman–Crippen MR) is 82.0 cm³/mol. The summed E-state index contributed by atoms with van der Waals surface area (Å²) >= 11 is 12.1. The minimum Gasteiger partial charge on any atom is -0.319 e. The van der Waals surface area contributed by atoms with Crippen molar-refractivity contribution in [2.75, 3.05) is 26.7 Å². The summed E-state index contributed by atoms with van der Waals surface area (Å²) in [6, 6.07) is 2.95. The third-order valence-electron chi connectivity index (χ3n) is 3.63. The van der Waals surface area contributed by atoms with Crippen molar-refractivity contribution in [1.82, 2.24) is 9.62 Å². The fourth-order valence-electron chi connectivity index (χ4n) is 2.39. The third-order valence-corrected chi connectivity index (χ3v) is 6.26. The number of hydrogen-bond donors (Lipinski definition) is 1. The van der Waals surface area contributed by atoms with E-state index in [1.54, 1.807) is 6.92 Å². The largest absolute Gasteiger partial charge is 0.319 e. The zero-order valence-electron chi connectivity index (χ0n) is 11.5. The van der Waals surface area contributed by atoms with Gasteiger partial charge in [0.2, 0.25) is 10.0 Å². The molecule has 1 aromatic carbocycles. The summed E-state index contributed by atoms with van der Waals surface area (Å²) in [5.41, 5.74) is 0.696. The average molecular weight is 337 g/mol. The van der Waals surface area contributed by atoms with Gasteiger partial charge in [-0.1, -0.05) is 23.2 Å². The predicted octanol–water partition coefficient (Wildman–Crippen LogP) is 2.53. The van der Waals surface area contributed by atoms with E-state index in [2.05, 4.69) is 5.32 Å². The molecule has 1 aliphatic rings. The van der Waals surface area contributed by atoms with Crippen molar-refractivity contribution in [1.29, 1.82) is 0 Å². The molecular formula is C13H18Cl2N2O2S. The van der Waals surface area contributed by atoms with Gasteiger partial charge < -0.3 is 5.32 Å². The molecular weight excluding hydrogens is 319 g/mol. The second kappa shape index (κ2) is 6.20. The molecule has 1 unspecified atom stereocenters. The standard InChI is InChI=1S/C13H18Cl2N2O2S/c1-9-12(14)5-11(6-13(9)15)20(18,19)17-4-3-10(8-17)7-16-2/h5-6,10,16H,3-4,7-8H2,1-2H3. The van der Waals surface area contributed by atoms with Crippen LogP contribution in [0.2, 0.25) is 10.0 Å². The zero-order chi connectivity index (χ0) is 14.9. The van der Waals surface area contributed by atoms with Crippen molar-refractivity contribution >= 4 is 33.2 Å². The van der Waals surface area contributed by atoms with Crippen LogP contribution in [0.5, 0.6) is 0 Å². The van der Waals surface area contributed by atoms with Gasteiger partial charge in [0.15, 0.2) is 0 Å². The molecule has 20 heavy (non-hydrogen) atoms. The van der Waals surface area contributed by atoms with Crippen molar-refractivity contribution in [3.05, 3.63) is 27.7 Å². The molecule has 1 aromatic rings. The Balaban J connectivity index is 2.28. The van der Waals surface area contributed by atoms with Crippen LogP contribution in [0.1, 0.15) is 12.0 Å². The lowest BCUT2D eigenvalue weighted by atomic mass is 10.1. The number of sulfonamides is 1. The molecule has 0 bridgehead atoms. The molecule has 0 saturated carbocycles. The van der Waals surface area contributed by atoms with Gasteiger partial charge >= 0.3 is 0 Å². The van der Waals surface area contributed by atoms with E-state index in [0.29, 0.717) is 34.6 Å². The maximum Gasteiger partial charge on any atom is 0.243 e. The van der Waals surface area contributed by atoms with Gasteiger partial charge in [0.25, 0.3) is 0 Å². The van der Waals surface area contributed by atoms with E-state index in [1.165, 1.54) is 16.4 Å². The quantitative estimate of drug-likeness (QED) is 0.919. The molecule has 7 heteroatoms. The highest BCUT2D eigenvalue weighted by atomic mass is 35.5. The Labute approximate surface area is 130 Å². The van der Waals surface area contributed by atoms with Crippen LogP contribution >= 0.6 is 23.2 Å². The van der Waals surface area contributed by atoms with Gasteiger partial charge in [0.05, 0.1) is 4.90 Å². The summed E-state index contributed by atoms with van der Waals surface area (Å²) in [7, 11) is -1.64. The van der Waals surface area contributed by atoms with Crippen LogP contribution < -0.4 is 5.32 Å². The van der Waals surface area contributed by atoms with E-state index in [-0.39, 0.29) is 4.90 Å². The van der Waals surface area contributed by atoms with Crippen LogP contribution in [-0.2, 0) is 10.0 Å². The lowest BCUT2D eigenvalue weighted by Gasteiger charge is -2.17. The molecule has 0 aromatic heterocycles. The van der Waals surface area contributed by atoms with Gasteiger partial charge in [0, 0.05) is 23.1 Å². The molecule has 0 amide bonds. The average Bonchev–Trinajstić information content (AvgIpc) is 2.85. The Kier molecular flexibility index (Phi) is 4.97. The maximum absolute atomic E-state index is 12.6. The molecule has 112 valence electrons. The third kappa shape index (κ3) is 3.12. The number of rotatable bonds is 4. The zero-order valence-corrected chi connectivity index (χ0v) is 13.8. The first kappa shape index (κ1) is 16.0. The molecule has 1 N–H and O–H groups in total. The topological polar surface area (TPSA) is 49.4 Å². The highest BCUT2D eigenvalue weighted by Crippen LogP contribution is 2.31. The monoisotopic (exact) mass is 336 g/mol. The van der Waals surface area contributed by atoms with Crippen LogP contribution in [-0.4, -0.2) is 39.4 Å². The fourth-order valence-corrected chi connectivity index (χ4v) is 4.59. The first-order chi connectivity index (χ1) is 9.36. The number of halogens is 2. The van der Waals surface area contributed by atoms with Crippen LogP contribution in [0.3, 0.4) is 0 Å². The first-order valence-corrected chi connectivity index (χ1v) is 8.66. The summed E-state index contributed by atoms with van der Waals surface area (Å²) in [6.45, 7) is 3.66. The molecule has 1 fully saturated rings. The Bertz CT molecular complexity index is 581. The summed E-state index contributed by atoms with van der Waals surface area (Å²) in [5, 5.41) is 3.84.